The van der Waals surface area contributed by atoms with Crippen molar-refractivity contribution in [3.63, 3.8) is 0 Å². The van der Waals surface area contributed by atoms with Gasteiger partial charge in [-0.1, -0.05) is 44.2 Å². The van der Waals surface area contributed by atoms with E-state index in [0.717, 1.165) is 17.8 Å². The van der Waals surface area contributed by atoms with Gasteiger partial charge in [-0.3, -0.25) is 4.79 Å². The molecule has 20 heavy (non-hydrogen) atoms. The van der Waals surface area contributed by atoms with Gasteiger partial charge in [-0.2, -0.15) is 0 Å². The second-order valence-electron chi connectivity index (χ2n) is 5.61. The second-order valence-corrected chi connectivity index (χ2v) is 6.56. The van der Waals surface area contributed by atoms with Gasteiger partial charge in [0.15, 0.2) is 0 Å². The lowest BCUT2D eigenvalue weighted by Gasteiger charge is -2.39. The van der Waals surface area contributed by atoms with Crippen LogP contribution in [0.2, 0.25) is 0 Å². The Hall–Kier alpha value is -1.61. The van der Waals surface area contributed by atoms with Gasteiger partial charge >= 0.3 is 0 Å². The maximum atomic E-state index is 12.7. The number of carbonyl (C=O) groups excluding carboxylic acids is 1. The molecule has 1 aromatic carbocycles. The zero-order valence-corrected chi connectivity index (χ0v) is 12.7. The Labute approximate surface area is 124 Å². The minimum atomic E-state index is 0.174. The van der Waals surface area contributed by atoms with Crippen LogP contribution in [-0.2, 0) is 6.42 Å². The van der Waals surface area contributed by atoms with Crippen LogP contribution < -0.4 is 0 Å². The maximum Gasteiger partial charge on any atom is 0.264 e. The molecule has 0 radical (unpaired) electrons. The topological polar surface area (TPSA) is 20.3 Å². The van der Waals surface area contributed by atoms with E-state index in [-0.39, 0.29) is 11.9 Å². The summed E-state index contributed by atoms with van der Waals surface area (Å²) in [5, 5.41) is 1.97. The molecule has 0 aliphatic carbocycles. The van der Waals surface area contributed by atoms with E-state index in [1.54, 1.807) is 0 Å². The summed E-state index contributed by atoms with van der Waals surface area (Å²) >= 11 is 1.53. The number of amides is 1. The number of carbonyl (C=O) groups is 1. The molecule has 0 N–H and O–H groups in total. The van der Waals surface area contributed by atoms with Gasteiger partial charge < -0.3 is 4.90 Å². The van der Waals surface area contributed by atoms with Crippen molar-refractivity contribution < 1.29 is 4.79 Å². The summed E-state index contributed by atoms with van der Waals surface area (Å²) in [5.74, 6) is 0.591. The fourth-order valence-electron chi connectivity index (χ4n) is 3.09. The van der Waals surface area contributed by atoms with Crippen LogP contribution in [0.15, 0.2) is 41.8 Å². The van der Waals surface area contributed by atoms with E-state index in [0.29, 0.717) is 5.92 Å². The van der Waals surface area contributed by atoms with Gasteiger partial charge in [0, 0.05) is 6.54 Å². The zero-order valence-electron chi connectivity index (χ0n) is 11.9. The highest BCUT2D eigenvalue weighted by Gasteiger charge is 2.33. The van der Waals surface area contributed by atoms with Crippen LogP contribution in [0.1, 0.15) is 40.7 Å². The molecule has 2 nitrogen and oxygen atoms in total. The average Bonchev–Trinajstić information content (AvgIpc) is 2.99. The quantitative estimate of drug-likeness (QED) is 0.812. The first-order valence-corrected chi connectivity index (χ1v) is 7.98. The molecule has 0 fully saturated rings. The van der Waals surface area contributed by atoms with Crippen molar-refractivity contribution in [1.82, 2.24) is 4.90 Å². The van der Waals surface area contributed by atoms with Gasteiger partial charge in [0.25, 0.3) is 5.91 Å². The highest BCUT2D eigenvalue weighted by molar-refractivity contribution is 7.12. The number of nitrogens with zero attached hydrogens (tertiary/aromatic N) is 1. The third-order valence-corrected chi connectivity index (χ3v) is 4.81. The summed E-state index contributed by atoms with van der Waals surface area (Å²) in [6, 6.07) is 12.6. The largest absolute Gasteiger partial charge is 0.330 e. The lowest BCUT2D eigenvalue weighted by atomic mass is 9.86. The molecule has 2 aromatic rings. The van der Waals surface area contributed by atoms with Crippen LogP contribution in [0.4, 0.5) is 0 Å². The van der Waals surface area contributed by atoms with Crippen molar-refractivity contribution >= 4 is 17.2 Å². The van der Waals surface area contributed by atoms with E-state index in [1.165, 1.54) is 22.5 Å². The molecule has 0 bridgehead atoms. The number of fused-ring (bicyclic) bond motifs is 1. The molecule has 3 rings (SSSR count). The molecule has 1 unspecified atom stereocenters. The van der Waals surface area contributed by atoms with Crippen molar-refractivity contribution in [3.05, 3.63) is 57.8 Å². The molecule has 104 valence electrons. The first-order valence-electron chi connectivity index (χ1n) is 7.10. The van der Waals surface area contributed by atoms with Gasteiger partial charge in [-0.15, -0.1) is 11.3 Å². The first kappa shape index (κ1) is 13.4. The summed E-state index contributed by atoms with van der Waals surface area (Å²) in [7, 11) is 0. The Morgan fingerprint density at radius 2 is 2.05 bits per heavy atom. The van der Waals surface area contributed by atoms with E-state index < -0.39 is 0 Å². The van der Waals surface area contributed by atoms with Gasteiger partial charge in [-0.05, 0) is 34.9 Å². The lowest BCUT2D eigenvalue weighted by Crippen LogP contribution is -2.41. The Balaban J connectivity index is 1.98. The smallest absolute Gasteiger partial charge is 0.264 e. The normalized spacial score (nSPS) is 18.1. The highest BCUT2D eigenvalue weighted by Crippen LogP contribution is 2.36. The van der Waals surface area contributed by atoms with Crippen LogP contribution in [0.5, 0.6) is 0 Å². The number of hydrogen-bond acceptors (Lipinski definition) is 2. The van der Waals surface area contributed by atoms with E-state index in [1.807, 2.05) is 17.5 Å². The van der Waals surface area contributed by atoms with E-state index >= 15 is 0 Å². The molecule has 1 aliphatic heterocycles. The standard InChI is InChI=1S/C17H19NOS/c1-12(2)16-14-7-4-3-6-13(14)9-10-18(16)17(19)15-8-5-11-20-15/h3-8,11-12,16H,9-10H2,1-2H3. The fraction of sp³-hybridized carbons (Fsp3) is 0.353. The Bertz CT molecular complexity index is 603. The van der Waals surface area contributed by atoms with Crippen LogP contribution in [0, 0.1) is 5.92 Å². The van der Waals surface area contributed by atoms with Crippen LogP contribution in [-0.4, -0.2) is 17.4 Å². The molecule has 0 saturated carbocycles. The predicted molar refractivity (Wildman–Crippen MR) is 83.1 cm³/mol. The fourth-order valence-corrected chi connectivity index (χ4v) is 3.77. The average molecular weight is 285 g/mol. The SMILES string of the molecule is CC(C)C1c2ccccc2CCN1C(=O)c1cccs1. The lowest BCUT2D eigenvalue weighted by molar-refractivity contribution is 0.0608. The monoisotopic (exact) mass is 285 g/mol. The number of benzene rings is 1. The minimum Gasteiger partial charge on any atom is -0.330 e. The van der Waals surface area contributed by atoms with Gasteiger partial charge in [0.05, 0.1) is 10.9 Å². The molecule has 1 atom stereocenters. The van der Waals surface area contributed by atoms with Crippen LogP contribution in [0.3, 0.4) is 0 Å². The molecule has 3 heteroatoms. The molecular formula is C17H19NOS. The molecule has 2 heterocycles. The van der Waals surface area contributed by atoms with Crippen LogP contribution in [0.25, 0.3) is 0 Å². The molecule has 1 aromatic heterocycles. The van der Waals surface area contributed by atoms with Crippen molar-refractivity contribution in [1.29, 1.82) is 0 Å². The molecule has 0 saturated heterocycles. The molecular weight excluding hydrogens is 266 g/mol. The molecule has 1 aliphatic rings. The highest BCUT2D eigenvalue weighted by atomic mass is 32.1. The summed E-state index contributed by atoms with van der Waals surface area (Å²) in [6.07, 6.45) is 0.955. The van der Waals surface area contributed by atoms with Gasteiger partial charge in [0.1, 0.15) is 0 Å². The van der Waals surface area contributed by atoms with Gasteiger partial charge in [0.2, 0.25) is 0 Å². The van der Waals surface area contributed by atoms with E-state index in [2.05, 4.69) is 43.0 Å². The van der Waals surface area contributed by atoms with E-state index in [9.17, 15) is 4.79 Å². The summed E-state index contributed by atoms with van der Waals surface area (Å²) in [5.41, 5.74) is 2.71. The maximum absolute atomic E-state index is 12.7. The number of rotatable bonds is 2. The first-order chi connectivity index (χ1) is 9.68. The number of thiophene rings is 1. The molecule has 1 amide bonds. The van der Waals surface area contributed by atoms with Crippen LogP contribution >= 0.6 is 11.3 Å². The van der Waals surface area contributed by atoms with Crippen molar-refractivity contribution in [2.45, 2.75) is 26.3 Å². The third kappa shape index (κ3) is 2.27. The zero-order chi connectivity index (χ0) is 14.1. The minimum absolute atomic E-state index is 0.174. The molecule has 0 spiro atoms. The van der Waals surface area contributed by atoms with Crippen molar-refractivity contribution in [3.8, 4) is 0 Å². The summed E-state index contributed by atoms with van der Waals surface area (Å²) < 4.78 is 0. The van der Waals surface area contributed by atoms with Crippen molar-refractivity contribution in [2.75, 3.05) is 6.54 Å². The Morgan fingerprint density at radius 1 is 1.25 bits per heavy atom. The Kier molecular flexibility index (Phi) is 3.62. The number of hydrogen-bond donors (Lipinski definition) is 0. The van der Waals surface area contributed by atoms with Gasteiger partial charge in [-0.25, -0.2) is 0 Å². The Morgan fingerprint density at radius 3 is 2.75 bits per heavy atom. The third-order valence-electron chi connectivity index (χ3n) is 3.96. The van der Waals surface area contributed by atoms with E-state index in [4.69, 9.17) is 0 Å². The summed E-state index contributed by atoms with van der Waals surface area (Å²) in [6.45, 7) is 5.21. The summed E-state index contributed by atoms with van der Waals surface area (Å²) in [4.78, 5) is 15.6. The van der Waals surface area contributed by atoms with Crippen molar-refractivity contribution in [2.24, 2.45) is 5.92 Å². The second kappa shape index (κ2) is 5.41. The predicted octanol–water partition coefficient (Wildman–Crippen LogP) is 4.14.